The van der Waals surface area contributed by atoms with Crippen LogP contribution in [0.5, 0.6) is 11.5 Å². The van der Waals surface area contributed by atoms with Crippen molar-refractivity contribution in [3.63, 3.8) is 0 Å². The summed E-state index contributed by atoms with van der Waals surface area (Å²) in [4.78, 5) is 0. The van der Waals surface area contributed by atoms with Gasteiger partial charge in [0.15, 0.2) is 0 Å². The summed E-state index contributed by atoms with van der Waals surface area (Å²) in [6.07, 6.45) is 0. The number of ether oxygens (including phenoxy) is 2. The van der Waals surface area contributed by atoms with Crippen molar-refractivity contribution in [1.29, 1.82) is 0 Å². The first kappa shape index (κ1) is 20.1. The molecular weight excluding hydrogens is 441 g/mol. The van der Waals surface area contributed by atoms with Crippen LogP contribution in [0.15, 0.2) is 40.9 Å². The standard InChI is InChI=1S/C18H19BrFNO5S/c1-18(15-8-13(19)5-7-16(15)20)11-26-27(22,23)21(18)10-12-4-6-14(24-2)9-17(12)25-3/h4-9H,10-11H2,1-3H3/t18-/m0/s1. The Morgan fingerprint density at radius 3 is 2.63 bits per heavy atom. The lowest BCUT2D eigenvalue weighted by Gasteiger charge is -2.32. The molecule has 1 atom stereocenters. The monoisotopic (exact) mass is 459 g/mol. The Bertz CT molecular complexity index is 968. The van der Waals surface area contributed by atoms with Crippen LogP contribution in [0.3, 0.4) is 0 Å². The average molecular weight is 460 g/mol. The Balaban J connectivity index is 2.07. The van der Waals surface area contributed by atoms with Crippen molar-refractivity contribution >= 4 is 26.2 Å². The van der Waals surface area contributed by atoms with Crippen molar-refractivity contribution in [2.24, 2.45) is 0 Å². The molecule has 0 radical (unpaired) electrons. The third kappa shape index (κ3) is 3.69. The van der Waals surface area contributed by atoms with Crippen LogP contribution in [0, 0.1) is 5.82 Å². The fraction of sp³-hybridized carbons (Fsp3) is 0.333. The molecule has 146 valence electrons. The number of methoxy groups -OCH3 is 2. The van der Waals surface area contributed by atoms with Gasteiger partial charge in [0, 0.05) is 28.2 Å². The van der Waals surface area contributed by atoms with Gasteiger partial charge < -0.3 is 9.47 Å². The van der Waals surface area contributed by atoms with Crippen molar-refractivity contribution in [3.05, 3.63) is 57.8 Å². The van der Waals surface area contributed by atoms with E-state index in [1.807, 2.05) is 0 Å². The molecule has 9 heteroatoms. The molecule has 0 spiro atoms. The third-order valence-corrected chi connectivity index (χ3v) is 6.61. The molecule has 0 amide bonds. The first-order chi connectivity index (χ1) is 12.7. The molecule has 0 N–H and O–H groups in total. The van der Waals surface area contributed by atoms with Crippen molar-refractivity contribution in [1.82, 2.24) is 4.31 Å². The zero-order chi connectivity index (χ0) is 19.8. The normalized spacial score (nSPS) is 22.0. The van der Waals surface area contributed by atoms with Gasteiger partial charge in [0.2, 0.25) is 0 Å². The number of hydrogen-bond acceptors (Lipinski definition) is 5. The van der Waals surface area contributed by atoms with Crippen LogP contribution >= 0.6 is 15.9 Å². The maximum absolute atomic E-state index is 14.5. The quantitative estimate of drug-likeness (QED) is 0.683. The van der Waals surface area contributed by atoms with Crippen molar-refractivity contribution < 1.29 is 26.5 Å². The van der Waals surface area contributed by atoms with Crippen LogP contribution in [0.2, 0.25) is 0 Å². The van der Waals surface area contributed by atoms with Crippen LogP contribution in [0.1, 0.15) is 18.1 Å². The molecule has 0 unspecified atom stereocenters. The van der Waals surface area contributed by atoms with E-state index >= 15 is 0 Å². The molecule has 0 bridgehead atoms. The summed E-state index contributed by atoms with van der Waals surface area (Å²) in [6.45, 7) is 1.40. The summed E-state index contributed by atoms with van der Waals surface area (Å²) in [5.41, 5.74) is -0.378. The summed E-state index contributed by atoms with van der Waals surface area (Å²) in [5, 5.41) is 0. The van der Waals surface area contributed by atoms with Crippen LogP contribution in [-0.4, -0.2) is 33.5 Å². The van der Waals surface area contributed by atoms with Crippen LogP contribution in [-0.2, 0) is 26.6 Å². The topological polar surface area (TPSA) is 65.1 Å². The lowest BCUT2D eigenvalue weighted by atomic mass is 9.92. The summed E-state index contributed by atoms with van der Waals surface area (Å²) < 4.78 is 57.1. The maximum atomic E-state index is 14.5. The van der Waals surface area contributed by atoms with E-state index in [2.05, 4.69) is 15.9 Å². The average Bonchev–Trinajstić information content (AvgIpc) is 2.88. The Kier molecular flexibility index (Phi) is 5.49. The van der Waals surface area contributed by atoms with Crippen molar-refractivity contribution in [2.45, 2.75) is 19.0 Å². The second-order valence-corrected chi connectivity index (χ2v) is 8.75. The fourth-order valence-corrected chi connectivity index (χ4v) is 4.89. The van der Waals surface area contributed by atoms with Crippen LogP contribution in [0.4, 0.5) is 4.39 Å². The molecule has 0 aromatic heterocycles. The fourth-order valence-electron chi connectivity index (χ4n) is 3.08. The summed E-state index contributed by atoms with van der Waals surface area (Å²) in [7, 11) is -1.03. The molecule has 27 heavy (non-hydrogen) atoms. The number of nitrogens with zero attached hydrogens (tertiary/aromatic N) is 1. The minimum absolute atomic E-state index is 0.0437. The molecule has 2 aromatic carbocycles. The van der Waals surface area contributed by atoms with E-state index in [1.54, 1.807) is 37.3 Å². The number of benzene rings is 2. The predicted molar refractivity (Wildman–Crippen MR) is 101 cm³/mol. The van der Waals surface area contributed by atoms with E-state index < -0.39 is 21.7 Å². The molecular formula is C18H19BrFNO5S. The van der Waals surface area contributed by atoms with E-state index in [-0.39, 0.29) is 18.7 Å². The molecule has 0 saturated carbocycles. The van der Waals surface area contributed by atoms with Gasteiger partial charge in [-0.1, -0.05) is 22.0 Å². The smallest absolute Gasteiger partial charge is 0.339 e. The minimum atomic E-state index is -4.05. The maximum Gasteiger partial charge on any atom is 0.339 e. The van der Waals surface area contributed by atoms with Gasteiger partial charge in [0.1, 0.15) is 17.3 Å². The Labute approximate surface area is 166 Å². The van der Waals surface area contributed by atoms with E-state index in [4.69, 9.17) is 13.7 Å². The first-order valence-electron chi connectivity index (χ1n) is 8.05. The molecule has 1 aliphatic heterocycles. The largest absolute Gasteiger partial charge is 0.497 e. The first-order valence-corrected chi connectivity index (χ1v) is 10.2. The van der Waals surface area contributed by atoms with Crippen molar-refractivity contribution in [3.8, 4) is 11.5 Å². The molecule has 1 saturated heterocycles. The predicted octanol–water partition coefficient (Wildman–Crippen LogP) is 3.60. The van der Waals surface area contributed by atoms with Gasteiger partial charge in [-0.2, -0.15) is 12.7 Å². The van der Waals surface area contributed by atoms with E-state index in [0.717, 1.165) is 4.31 Å². The summed E-state index contributed by atoms with van der Waals surface area (Å²) in [6, 6.07) is 9.50. The number of halogens is 2. The number of hydrogen-bond donors (Lipinski definition) is 0. The van der Waals surface area contributed by atoms with Crippen molar-refractivity contribution in [2.75, 3.05) is 20.8 Å². The highest BCUT2D eigenvalue weighted by molar-refractivity contribution is 9.10. The zero-order valence-corrected chi connectivity index (χ0v) is 17.4. The SMILES string of the molecule is COc1ccc(CN2[C@](C)(c3cc(Br)ccc3F)COS2(=O)=O)c(OC)c1. The Morgan fingerprint density at radius 1 is 1.22 bits per heavy atom. The molecule has 6 nitrogen and oxygen atoms in total. The van der Waals surface area contributed by atoms with Gasteiger partial charge in [0.05, 0.1) is 26.4 Å². The van der Waals surface area contributed by atoms with Gasteiger partial charge in [0.25, 0.3) is 0 Å². The van der Waals surface area contributed by atoms with E-state index in [1.165, 1.54) is 20.3 Å². The Morgan fingerprint density at radius 2 is 1.96 bits per heavy atom. The lowest BCUT2D eigenvalue weighted by molar-refractivity contribution is 0.192. The highest BCUT2D eigenvalue weighted by atomic mass is 79.9. The van der Waals surface area contributed by atoms with E-state index in [9.17, 15) is 12.8 Å². The summed E-state index contributed by atoms with van der Waals surface area (Å²) >= 11 is 3.31. The number of rotatable bonds is 5. The van der Waals surface area contributed by atoms with Gasteiger partial charge in [-0.05, 0) is 31.2 Å². The highest BCUT2D eigenvalue weighted by Crippen LogP contribution is 2.42. The third-order valence-electron chi connectivity index (χ3n) is 4.63. The highest BCUT2D eigenvalue weighted by Gasteiger charge is 2.50. The second-order valence-electron chi connectivity index (χ2n) is 6.30. The molecule has 0 aliphatic carbocycles. The van der Waals surface area contributed by atoms with Gasteiger partial charge in [-0.25, -0.2) is 4.39 Å². The molecule has 1 aliphatic rings. The Hall–Kier alpha value is -1.68. The second kappa shape index (κ2) is 7.38. The molecule has 1 heterocycles. The molecule has 3 rings (SSSR count). The van der Waals surface area contributed by atoms with Gasteiger partial charge >= 0.3 is 10.3 Å². The molecule has 1 fully saturated rings. The van der Waals surface area contributed by atoms with E-state index in [0.29, 0.717) is 21.5 Å². The summed E-state index contributed by atoms with van der Waals surface area (Å²) in [5.74, 6) is 0.540. The molecule has 2 aromatic rings. The van der Waals surface area contributed by atoms with Gasteiger partial charge in [-0.3, -0.25) is 4.18 Å². The lowest BCUT2D eigenvalue weighted by Crippen LogP contribution is -2.42. The van der Waals surface area contributed by atoms with Gasteiger partial charge in [-0.15, -0.1) is 0 Å². The minimum Gasteiger partial charge on any atom is -0.497 e. The zero-order valence-electron chi connectivity index (χ0n) is 15.0. The van der Waals surface area contributed by atoms with Crippen LogP contribution < -0.4 is 9.47 Å². The van der Waals surface area contributed by atoms with Crippen LogP contribution in [0.25, 0.3) is 0 Å².